The Hall–Kier alpha value is -1.84. The van der Waals surface area contributed by atoms with E-state index in [9.17, 15) is 9.59 Å². The molecule has 1 aromatic rings. The van der Waals surface area contributed by atoms with Crippen LogP contribution in [0.1, 0.15) is 43.1 Å². The molecule has 0 heterocycles. The Balaban J connectivity index is 2.66. The predicted octanol–water partition coefficient (Wildman–Crippen LogP) is 2.48. The maximum Gasteiger partial charge on any atom is 0.335 e. The van der Waals surface area contributed by atoms with E-state index in [4.69, 9.17) is 5.11 Å². The van der Waals surface area contributed by atoms with Crippen LogP contribution in [0.15, 0.2) is 24.3 Å². The third kappa shape index (κ3) is 4.73. The number of aromatic carboxylic acids is 1. The van der Waals surface area contributed by atoms with Crippen LogP contribution in [-0.4, -0.2) is 23.0 Å². The molecular weight excluding hydrogens is 242 g/mol. The lowest BCUT2D eigenvalue weighted by Crippen LogP contribution is -2.38. The Morgan fingerprint density at radius 1 is 1.32 bits per heavy atom. The molecule has 0 radical (unpaired) electrons. The normalized spacial score (nSPS) is 12.2. The van der Waals surface area contributed by atoms with Gasteiger partial charge in [0.1, 0.15) is 0 Å². The van der Waals surface area contributed by atoms with Crippen molar-refractivity contribution in [1.82, 2.24) is 5.32 Å². The first-order chi connectivity index (χ1) is 8.93. The first-order valence-corrected chi connectivity index (χ1v) is 6.55. The molecule has 1 atom stereocenters. The Bertz CT molecular complexity index is 454. The average Bonchev–Trinajstić information content (AvgIpc) is 2.35. The summed E-state index contributed by atoms with van der Waals surface area (Å²) < 4.78 is 0. The monoisotopic (exact) mass is 263 g/mol. The van der Waals surface area contributed by atoms with Crippen LogP contribution >= 0.6 is 0 Å². The molecular formula is C15H21NO3. The van der Waals surface area contributed by atoms with Crippen molar-refractivity contribution in [1.29, 1.82) is 0 Å². The minimum Gasteiger partial charge on any atom is -0.478 e. The Morgan fingerprint density at radius 2 is 2.00 bits per heavy atom. The van der Waals surface area contributed by atoms with Gasteiger partial charge in [0, 0.05) is 6.04 Å². The number of hydrogen-bond acceptors (Lipinski definition) is 2. The first kappa shape index (κ1) is 15.2. The van der Waals surface area contributed by atoms with Gasteiger partial charge < -0.3 is 10.4 Å². The van der Waals surface area contributed by atoms with Gasteiger partial charge in [-0.05, 0) is 30.0 Å². The van der Waals surface area contributed by atoms with E-state index in [0.717, 1.165) is 12.0 Å². The van der Waals surface area contributed by atoms with Crippen LogP contribution in [0.5, 0.6) is 0 Å². The van der Waals surface area contributed by atoms with Gasteiger partial charge in [0.15, 0.2) is 0 Å². The van der Waals surface area contributed by atoms with E-state index >= 15 is 0 Å². The number of amides is 1. The zero-order valence-electron chi connectivity index (χ0n) is 11.6. The molecule has 0 bridgehead atoms. The zero-order chi connectivity index (χ0) is 14.4. The van der Waals surface area contributed by atoms with Crippen LogP contribution in [0, 0.1) is 5.92 Å². The van der Waals surface area contributed by atoms with Crippen molar-refractivity contribution in [3.8, 4) is 0 Å². The molecule has 0 aliphatic carbocycles. The van der Waals surface area contributed by atoms with E-state index in [2.05, 4.69) is 19.2 Å². The third-order valence-corrected chi connectivity index (χ3v) is 3.13. The highest BCUT2D eigenvalue weighted by Crippen LogP contribution is 2.08. The van der Waals surface area contributed by atoms with Crippen molar-refractivity contribution < 1.29 is 14.7 Å². The van der Waals surface area contributed by atoms with Gasteiger partial charge in [-0.3, -0.25) is 4.79 Å². The Labute approximate surface area is 113 Å². The molecule has 4 heteroatoms. The summed E-state index contributed by atoms with van der Waals surface area (Å²) in [6.45, 7) is 6.18. The fourth-order valence-corrected chi connectivity index (χ4v) is 2.00. The predicted molar refractivity (Wildman–Crippen MR) is 74.2 cm³/mol. The lowest BCUT2D eigenvalue weighted by atomic mass is 10.0. The van der Waals surface area contributed by atoms with E-state index in [1.54, 1.807) is 12.1 Å². The van der Waals surface area contributed by atoms with Gasteiger partial charge in [-0.2, -0.15) is 0 Å². The van der Waals surface area contributed by atoms with Crippen molar-refractivity contribution in [2.24, 2.45) is 5.92 Å². The van der Waals surface area contributed by atoms with Crippen molar-refractivity contribution in [2.45, 2.75) is 39.7 Å². The van der Waals surface area contributed by atoms with Gasteiger partial charge in [0.2, 0.25) is 5.91 Å². The third-order valence-electron chi connectivity index (χ3n) is 3.13. The minimum atomic E-state index is -0.976. The standard InChI is InChI=1S/C15H21NO3/c1-4-13(10(2)3)16-14(17)9-11-6-5-7-12(8-11)15(18)19/h5-8,10,13H,4,9H2,1-3H3,(H,16,17)(H,18,19). The molecule has 1 rings (SSSR count). The van der Waals surface area contributed by atoms with E-state index in [1.807, 2.05) is 6.92 Å². The summed E-state index contributed by atoms with van der Waals surface area (Å²) in [5.41, 5.74) is 0.928. The summed E-state index contributed by atoms with van der Waals surface area (Å²) in [7, 11) is 0. The van der Waals surface area contributed by atoms with Crippen LogP contribution in [0.3, 0.4) is 0 Å². The summed E-state index contributed by atoms with van der Waals surface area (Å²) >= 11 is 0. The molecule has 1 aromatic carbocycles. The fourth-order valence-electron chi connectivity index (χ4n) is 2.00. The number of carboxylic acids is 1. The second-order valence-corrected chi connectivity index (χ2v) is 5.01. The van der Waals surface area contributed by atoms with Crippen LogP contribution in [-0.2, 0) is 11.2 Å². The largest absolute Gasteiger partial charge is 0.478 e. The SMILES string of the molecule is CCC(NC(=O)Cc1cccc(C(=O)O)c1)C(C)C. The molecule has 0 spiro atoms. The van der Waals surface area contributed by atoms with Crippen molar-refractivity contribution in [3.63, 3.8) is 0 Å². The summed E-state index contributed by atoms with van der Waals surface area (Å²) in [6.07, 6.45) is 1.10. The minimum absolute atomic E-state index is 0.0666. The molecule has 2 N–H and O–H groups in total. The highest BCUT2D eigenvalue weighted by Gasteiger charge is 2.14. The number of rotatable bonds is 6. The van der Waals surface area contributed by atoms with Crippen molar-refractivity contribution in [3.05, 3.63) is 35.4 Å². The smallest absolute Gasteiger partial charge is 0.335 e. The fraction of sp³-hybridized carbons (Fsp3) is 0.467. The number of hydrogen-bond donors (Lipinski definition) is 2. The van der Waals surface area contributed by atoms with Gasteiger partial charge >= 0.3 is 5.97 Å². The first-order valence-electron chi connectivity index (χ1n) is 6.55. The van der Waals surface area contributed by atoms with Crippen LogP contribution < -0.4 is 5.32 Å². The number of nitrogens with one attached hydrogen (secondary N) is 1. The molecule has 0 aromatic heterocycles. The van der Waals surface area contributed by atoms with Crippen LogP contribution in [0.4, 0.5) is 0 Å². The molecule has 0 fully saturated rings. The highest BCUT2D eigenvalue weighted by molar-refractivity contribution is 5.88. The van der Waals surface area contributed by atoms with Gasteiger partial charge in [-0.25, -0.2) is 4.79 Å². The van der Waals surface area contributed by atoms with E-state index in [-0.39, 0.29) is 23.9 Å². The zero-order valence-corrected chi connectivity index (χ0v) is 11.6. The lowest BCUT2D eigenvalue weighted by Gasteiger charge is -2.20. The van der Waals surface area contributed by atoms with Crippen molar-refractivity contribution in [2.75, 3.05) is 0 Å². The molecule has 1 amide bonds. The second-order valence-electron chi connectivity index (χ2n) is 5.01. The van der Waals surface area contributed by atoms with Crippen molar-refractivity contribution >= 4 is 11.9 Å². The highest BCUT2D eigenvalue weighted by atomic mass is 16.4. The molecule has 4 nitrogen and oxygen atoms in total. The maximum absolute atomic E-state index is 11.9. The van der Waals surface area contributed by atoms with Gasteiger partial charge in [0.05, 0.1) is 12.0 Å². The van der Waals surface area contributed by atoms with Crippen LogP contribution in [0.25, 0.3) is 0 Å². The summed E-state index contributed by atoms with van der Waals surface area (Å²) in [5, 5.41) is 11.9. The van der Waals surface area contributed by atoms with E-state index in [1.165, 1.54) is 12.1 Å². The number of carbonyl (C=O) groups is 2. The van der Waals surface area contributed by atoms with Crippen LogP contribution in [0.2, 0.25) is 0 Å². The number of benzene rings is 1. The molecule has 104 valence electrons. The summed E-state index contributed by atoms with van der Waals surface area (Å²) in [5.74, 6) is -0.654. The number of carbonyl (C=O) groups excluding carboxylic acids is 1. The van der Waals surface area contributed by atoms with Gasteiger partial charge in [-0.1, -0.05) is 32.9 Å². The second kappa shape index (κ2) is 6.92. The Kier molecular flexibility index (Phi) is 5.55. The average molecular weight is 263 g/mol. The molecule has 0 saturated carbocycles. The van der Waals surface area contributed by atoms with E-state index < -0.39 is 5.97 Å². The van der Waals surface area contributed by atoms with Gasteiger partial charge in [-0.15, -0.1) is 0 Å². The topological polar surface area (TPSA) is 66.4 Å². The van der Waals surface area contributed by atoms with E-state index in [0.29, 0.717) is 5.92 Å². The number of carboxylic acid groups (broad SMARTS) is 1. The molecule has 0 aliphatic heterocycles. The lowest BCUT2D eigenvalue weighted by molar-refractivity contribution is -0.121. The molecule has 0 aliphatic rings. The summed E-state index contributed by atoms with van der Waals surface area (Å²) in [6, 6.07) is 6.65. The van der Waals surface area contributed by atoms with Gasteiger partial charge in [0.25, 0.3) is 0 Å². The molecule has 0 saturated heterocycles. The molecule has 19 heavy (non-hydrogen) atoms. The maximum atomic E-state index is 11.9. The summed E-state index contributed by atoms with van der Waals surface area (Å²) in [4.78, 5) is 22.8. The molecule has 1 unspecified atom stereocenters. The Morgan fingerprint density at radius 3 is 2.53 bits per heavy atom. The quantitative estimate of drug-likeness (QED) is 0.828.